The number of aromatic carboxylic acids is 1. The highest BCUT2D eigenvalue weighted by Crippen LogP contribution is 2.18. The molecule has 1 aromatic heterocycles. The van der Waals surface area contributed by atoms with E-state index < -0.39 is 5.97 Å². The van der Waals surface area contributed by atoms with Crippen LogP contribution in [0.15, 0.2) is 22.7 Å². The zero-order chi connectivity index (χ0) is 11.7. The minimum absolute atomic E-state index is 0.180. The zero-order valence-electron chi connectivity index (χ0n) is 8.25. The van der Waals surface area contributed by atoms with Gasteiger partial charge in [0.15, 0.2) is 5.82 Å². The third kappa shape index (κ3) is 1.94. The number of benzene rings is 1. The standard InChI is InChI=1S/C9H7BrN4O2/c1-5-11-12-13-14(5)8-3-6(9(15)16)2-7(10)4-8/h2-4H,1H3,(H,15,16). The van der Waals surface area contributed by atoms with Crippen LogP contribution in [0.1, 0.15) is 16.2 Å². The number of hydrogen-bond acceptors (Lipinski definition) is 4. The molecule has 0 atom stereocenters. The number of tetrazole rings is 1. The predicted octanol–water partition coefficient (Wildman–Crippen LogP) is 1.43. The third-order valence-corrected chi connectivity index (χ3v) is 2.46. The number of carbonyl (C=O) groups is 1. The van der Waals surface area contributed by atoms with E-state index in [0.717, 1.165) is 0 Å². The lowest BCUT2D eigenvalue weighted by molar-refractivity contribution is 0.0696. The SMILES string of the molecule is Cc1nnnn1-c1cc(Br)cc(C(=O)O)c1. The topological polar surface area (TPSA) is 80.9 Å². The highest BCUT2D eigenvalue weighted by atomic mass is 79.9. The Balaban J connectivity index is 2.58. The summed E-state index contributed by atoms with van der Waals surface area (Å²) < 4.78 is 2.13. The van der Waals surface area contributed by atoms with Crippen LogP contribution in [-0.2, 0) is 0 Å². The summed E-state index contributed by atoms with van der Waals surface area (Å²) in [4.78, 5) is 10.9. The Bertz CT molecular complexity index is 552. The minimum atomic E-state index is -0.992. The number of rotatable bonds is 2. The molecule has 2 aromatic rings. The summed E-state index contributed by atoms with van der Waals surface area (Å²) in [7, 11) is 0. The van der Waals surface area contributed by atoms with E-state index >= 15 is 0 Å². The normalized spacial score (nSPS) is 10.4. The zero-order valence-corrected chi connectivity index (χ0v) is 9.84. The molecule has 0 aliphatic rings. The smallest absolute Gasteiger partial charge is 0.335 e. The average molecular weight is 283 g/mol. The van der Waals surface area contributed by atoms with E-state index in [4.69, 9.17) is 5.11 Å². The molecule has 0 radical (unpaired) electrons. The molecule has 1 N–H and O–H groups in total. The van der Waals surface area contributed by atoms with Crippen molar-refractivity contribution in [1.82, 2.24) is 20.2 Å². The van der Waals surface area contributed by atoms with E-state index in [1.165, 1.54) is 16.8 Å². The van der Waals surface area contributed by atoms with E-state index in [0.29, 0.717) is 16.0 Å². The lowest BCUT2D eigenvalue weighted by Gasteiger charge is -2.04. The molecule has 0 aliphatic heterocycles. The van der Waals surface area contributed by atoms with Gasteiger partial charge in [0.25, 0.3) is 0 Å². The van der Waals surface area contributed by atoms with Gasteiger partial charge in [-0.05, 0) is 35.5 Å². The first-order valence-electron chi connectivity index (χ1n) is 4.37. The first-order valence-corrected chi connectivity index (χ1v) is 5.16. The molecule has 0 fully saturated rings. The fourth-order valence-corrected chi connectivity index (χ4v) is 1.77. The van der Waals surface area contributed by atoms with Gasteiger partial charge in [-0.25, -0.2) is 4.79 Å². The maximum atomic E-state index is 10.9. The highest BCUT2D eigenvalue weighted by molar-refractivity contribution is 9.10. The van der Waals surface area contributed by atoms with Crippen molar-refractivity contribution in [3.8, 4) is 5.69 Å². The molecule has 0 saturated carbocycles. The van der Waals surface area contributed by atoms with Crippen LogP contribution in [-0.4, -0.2) is 31.3 Å². The first-order chi connectivity index (χ1) is 7.58. The second kappa shape index (κ2) is 4.01. The Morgan fingerprint density at radius 1 is 1.44 bits per heavy atom. The summed E-state index contributed by atoms with van der Waals surface area (Å²) in [6, 6.07) is 4.78. The fourth-order valence-electron chi connectivity index (χ4n) is 1.29. The lowest BCUT2D eigenvalue weighted by atomic mass is 10.2. The van der Waals surface area contributed by atoms with Gasteiger partial charge in [-0.3, -0.25) is 0 Å². The van der Waals surface area contributed by atoms with E-state index in [-0.39, 0.29) is 5.56 Å². The van der Waals surface area contributed by atoms with Crippen molar-refractivity contribution in [2.75, 3.05) is 0 Å². The van der Waals surface area contributed by atoms with Gasteiger partial charge < -0.3 is 5.11 Å². The third-order valence-electron chi connectivity index (χ3n) is 2.00. The number of aryl methyl sites for hydroxylation is 1. The molecule has 0 saturated heterocycles. The number of aromatic nitrogens is 4. The molecule has 6 nitrogen and oxygen atoms in total. The van der Waals surface area contributed by atoms with Gasteiger partial charge in [0.05, 0.1) is 11.3 Å². The van der Waals surface area contributed by atoms with Gasteiger partial charge in [0.2, 0.25) is 0 Å². The number of nitrogens with zero attached hydrogens (tertiary/aromatic N) is 4. The van der Waals surface area contributed by atoms with Crippen molar-refractivity contribution in [3.05, 3.63) is 34.1 Å². The van der Waals surface area contributed by atoms with Gasteiger partial charge in [-0.15, -0.1) is 5.10 Å². The molecule has 82 valence electrons. The van der Waals surface area contributed by atoms with Crippen molar-refractivity contribution in [3.63, 3.8) is 0 Å². The van der Waals surface area contributed by atoms with Gasteiger partial charge in [-0.1, -0.05) is 15.9 Å². The van der Waals surface area contributed by atoms with Crippen LogP contribution >= 0.6 is 15.9 Å². The van der Waals surface area contributed by atoms with Crippen LogP contribution < -0.4 is 0 Å². The van der Waals surface area contributed by atoms with Gasteiger partial charge in [0.1, 0.15) is 0 Å². The van der Waals surface area contributed by atoms with Gasteiger partial charge in [0, 0.05) is 4.47 Å². The van der Waals surface area contributed by atoms with Crippen LogP contribution in [0, 0.1) is 6.92 Å². The maximum absolute atomic E-state index is 10.9. The lowest BCUT2D eigenvalue weighted by Crippen LogP contribution is -2.03. The molecule has 0 amide bonds. The van der Waals surface area contributed by atoms with Crippen LogP contribution in [0.5, 0.6) is 0 Å². The summed E-state index contributed by atoms with van der Waals surface area (Å²) in [6.07, 6.45) is 0. The van der Waals surface area contributed by atoms with Gasteiger partial charge >= 0.3 is 5.97 Å². The summed E-state index contributed by atoms with van der Waals surface area (Å²) in [5.74, 6) is -0.400. The molecule has 2 rings (SSSR count). The van der Waals surface area contributed by atoms with E-state index in [2.05, 4.69) is 31.5 Å². The minimum Gasteiger partial charge on any atom is -0.478 e. The Morgan fingerprint density at radius 3 is 2.75 bits per heavy atom. The molecular formula is C9H7BrN4O2. The summed E-state index contributed by atoms with van der Waals surface area (Å²) in [6.45, 7) is 1.74. The van der Waals surface area contributed by atoms with Crippen molar-refractivity contribution < 1.29 is 9.90 Å². The van der Waals surface area contributed by atoms with E-state index in [1.807, 2.05) is 0 Å². The van der Waals surface area contributed by atoms with Gasteiger partial charge in [-0.2, -0.15) is 4.68 Å². The highest BCUT2D eigenvalue weighted by Gasteiger charge is 2.09. The monoisotopic (exact) mass is 282 g/mol. The largest absolute Gasteiger partial charge is 0.478 e. The van der Waals surface area contributed by atoms with Crippen LogP contribution in [0.25, 0.3) is 5.69 Å². The molecule has 0 bridgehead atoms. The number of hydrogen-bond donors (Lipinski definition) is 1. The molecule has 0 spiro atoms. The Hall–Kier alpha value is -1.76. The quantitative estimate of drug-likeness (QED) is 0.901. The summed E-state index contributed by atoms with van der Waals surface area (Å²) in [5.41, 5.74) is 0.786. The Labute approximate surface area is 99.0 Å². The molecule has 1 heterocycles. The number of halogens is 1. The second-order valence-corrected chi connectivity index (χ2v) is 4.06. The van der Waals surface area contributed by atoms with Crippen LogP contribution in [0.3, 0.4) is 0 Å². The fraction of sp³-hybridized carbons (Fsp3) is 0.111. The first kappa shape index (κ1) is 10.7. The van der Waals surface area contributed by atoms with Crippen LogP contribution in [0.2, 0.25) is 0 Å². The Morgan fingerprint density at radius 2 is 2.19 bits per heavy atom. The second-order valence-electron chi connectivity index (χ2n) is 3.14. The van der Waals surface area contributed by atoms with Crippen molar-refractivity contribution in [2.24, 2.45) is 0 Å². The number of carboxylic acid groups (broad SMARTS) is 1. The van der Waals surface area contributed by atoms with Crippen LogP contribution in [0.4, 0.5) is 0 Å². The molecule has 0 aliphatic carbocycles. The summed E-state index contributed by atoms with van der Waals surface area (Å²) >= 11 is 3.25. The molecule has 0 unspecified atom stereocenters. The maximum Gasteiger partial charge on any atom is 0.335 e. The molecular weight excluding hydrogens is 276 g/mol. The van der Waals surface area contributed by atoms with E-state index in [1.54, 1.807) is 13.0 Å². The van der Waals surface area contributed by atoms with E-state index in [9.17, 15) is 4.79 Å². The van der Waals surface area contributed by atoms with Crippen molar-refractivity contribution >= 4 is 21.9 Å². The molecule has 16 heavy (non-hydrogen) atoms. The number of carboxylic acids is 1. The molecule has 7 heteroatoms. The van der Waals surface area contributed by atoms with Crippen molar-refractivity contribution in [1.29, 1.82) is 0 Å². The Kier molecular flexibility index (Phi) is 2.69. The predicted molar refractivity (Wildman–Crippen MR) is 58.6 cm³/mol. The molecule has 1 aromatic carbocycles. The average Bonchev–Trinajstić information content (AvgIpc) is 2.63. The van der Waals surface area contributed by atoms with Crippen molar-refractivity contribution in [2.45, 2.75) is 6.92 Å². The summed E-state index contributed by atoms with van der Waals surface area (Å²) in [5, 5.41) is 19.9.